The fourth-order valence-corrected chi connectivity index (χ4v) is 3.30. The second-order valence-electron chi connectivity index (χ2n) is 6.86. The number of rotatable bonds is 7. The number of carbonyl (C=O) groups is 2. The molecule has 0 aliphatic carbocycles. The van der Waals surface area contributed by atoms with Gasteiger partial charge in [0.1, 0.15) is 0 Å². The van der Waals surface area contributed by atoms with Gasteiger partial charge in [-0.3, -0.25) is 14.5 Å². The minimum atomic E-state index is -0.172. The molecule has 5 heteroatoms. The van der Waals surface area contributed by atoms with E-state index in [-0.39, 0.29) is 23.8 Å². The standard InChI is InChI=1S/C20H31N3O2/c1-4-5-13-21-19(24)17-11-14-23(15-12-17)16(2)20(25)22(3)18-9-7-6-8-10-18/h6-10,16-17H,4-5,11-15H2,1-3H3,(H,21,24). The number of likely N-dealkylation sites (tertiary alicyclic amines) is 1. The van der Waals surface area contributed by atoms with Crippen LogP contribution in [0.3, 0.4) is 0 Å². The zero-order valence-corrected chi connectivity index (χ0v) is 15.7. The lowest BCUT2D eigenvalue weighted by Gasteiger charge is -2.36. The molecule has 2 amide bonds. The van der Waals surface area contributed by atoms with E-state index in [0.717, 1.165) is 51.0 Å². The van der Waals surface area contributed by atoms with Crippen molar-refractivity contribution in [1.29, 1.82) is 0 Å². The number of carbonyl (C=O) groups excluding carboxylic acids is 2. The highest BCUT2D eigenvalue weighted by Crippen LogP contribution is 2.21. The Bertz CT molecular complexity index is 553. The number of unbranched alkanes of at least 4 members (excludes halogenated alkanes) is 1. The summed E-state index contributed by atoms with van der Waals surface area (Å²) >= 11 is 0. The van der Waals surface area contributed by atoms with E-state index in [4.69, 9.17) is 0 Å². The molecule has 25 heavy (non-hydrogen) atoms. The van der Waals surface area contributed by atoms with Crippen molar-refractivity contribution in [2.45, 2.75) is 45.6 Å². The lowest BCUT2D eigenvalue weighted by Crippen LogP contribution is -2.50. The van der Waals surface area contributed by atoms with E-state index >= 15 is 0 Å². The first-order chi connectivity index (χ1) is 12.0. The van der Waals surface area contributed by atoms with Crippen molar-refractivity contribution in [3.8, 4) is 0 Å². The molecular formula is C20H31N3O2. The van der Waals surface area contributed by atoms with Gasteiger partial charge in [0.05, 0.1) is 6.04 Å². The molecule has 1 fully saturated rings. The molecule has 1 N–H and O–H groups in total. The van der Waals surface area contributed by atoms with Crippen LogP contribution in [0.2, 0.25) is 0 Å². The molecule has 1 unspecified atom stereocenters. The Hall–Kier alpha value is -1.88. The van der Waals surface area contributed by atoms with Crippen LogP contribution >= 0.6 is 0 Å². The van der Waals surface area contributed by atoms with Gasteiger partial charge in [-0.15, -0.1) is 0 Å². The molecule has 0 aromatic heterocycles. The third-order valence-electron chi connectivity index (χ3n) is 5.11. The summed E-state index contributed by atoms with van der Waals surface area (Å²) in [7, 11) is 1.82. The normalized spacial score (nSPS) is 17.1. The third-order valence-corrected chi connectivity index (χ3v) is 5.11. The Labute approximate surface area is 151 Å². The van der Waals surface area contributed by atoms with Crippen molar-refractivity contribution in [1.82, 2.24) is 10.2 Å². The molecule has 0 spiro atoms. The molecule has 138 valence electrons. The summed E-state index contributed by atoms with van der Waals surface area (Å²) in [6.45, 7) is 6.44. The van der Waals surface area contributed by atoms with Gasteiger partial charge in [0.2, 0.25) is 11.8 Å². The molecule has 1 heterocycles. The first-order valence-corrected chi connectivity index (χ1v) is 9.39. The maximum atomic E-state index is 12.7. The molecule has 1 aromatic rings. The van der Waals surface area contributed by atoms with E-state index in [9.17, 15) is 9.59 Å². The van der Waals surface area contributed by atoms with Crippen LogP contribution in [0.25, 0.3) is 0 Å². The van der Waals surface area contributed by atoms with Gasteiger partial charge < -0.3 is 10.2 Å². The molecule has 0 radical (unpaired) electrons. The summed E-state index contributed by atoms with van der Waals surface area (Å²) in [5.74, 6) is 0.354. The number of nitrogens with one attached hydrogen (secondary N) is 1. The number of hydrogen-bond acceptors (Lipinski definition) is 3. The lowest BCUT2D eigenvalue weighted by molar-refractivity contribution is -0.127. The van der Waals surface area contributed by atoms with Crippen molar-refractivity contribution < 1.29 is 9.59 Å². The zero-order chi connectivity index (χ0) is 18.2. The van der Waals surface area contributed by atoms with Crippen molar-refractivity contribution >= 4 is 17.5 Å². The summed E-state index contributed by atoms with van der Waals surface area (Å²) in [5, 5.41) is 3.03. The second kappa shape index (κ2) is 9.56. The van der Waals surface area contributed by atoms with E-state index in [2.05, 4.69) is 17.1 Å². The lowest BCUT2D eigenvalue weighted by atomic mass is 9.94. The van der Waals surface area contributed by atoms with Gasteiger partial charge in [0.25, 0.3) is 0 Å². The molecule has 1 saturated heterocycles. The number of amides is 2. The van der Waals surface area contributed by atoms with Crippen LogP contribution in [0.1, 0.15) is 39.5 Å². The molecule has 5 nitrogen and oxygen atoms in total. The van der Waals surface area contributed by atoms with E-state index in [1.54, 1.807) is 4.90 Å². The molecule has 2 rings (SSSR count). The average Bonchev–Trinajstić information content (AvgIpc) is 2.67. The van der Waals surface area contributed by atoms with Crippen LogP contribution in [0.4, 0.5) is 5.69 Å². The summed E-state index contributed by atoms with van der Waals surface area (Å²) in [4.78, 5) is 28.8. The van der Waals surface area contributed by atoms with E-state index in [0.29, 0.717) is 0 Å². The first kappa shape index (κ1) is 19.4. The topological polar surface area (TPSA) is 52.7 Å². The van der Waals surface area contributed by atoms with E-state index < -0.39 is 0 Å². The van der Waals surface area contributed by atoms with Crippen LogP contribution < -0.4 is 10.2 Å². The van der Waals surface area contributed by atoms with Gasteiger partial charge in [-0.2, -0.15) is 0 Å². The summed E-state index contributed by atoms with van der Waals surface area (Å²) in [5.41, 5.74) is 0.907. The van der Waals surface area contributed by atoms with Gasteiger partial charge in [-0.1, -0.05) is 31.5 Å². The Morgan fingerprint density at radius 3 is 2.48 bits per heavy atom. The molecule has 1 aliphatic rings. The predicted molar refractivity (Wildman–Crippen MR) is 102 cm³/mol. The van der Waals surface area contributed by atoms with Crippen LogP contribution in [0.15, 0.2) is 30.3 Å². The third kappa shape index (κ3) is 5.30. The number of para-hydroxylation sites is 1. The van der Waals surface area contributed by atoms with Gasteiger partial charge in [0.15, 0.2) is 0 Å². The van der Waals surface area contributed by atoms with Crippen molar-refractivity contribution in [2.24, 2.45) is 5.92 Å². The molecule has 1 aliphatic heterocycles. The van der Waals surface area contributed by atoms with Crippen LogP contribution in [-0.2, 0) is 9.59 Å². The molecular weight excluding hydrogens is 314 g/mol. The van der Waals surface area contributed by atoms with E-state index in [1.807, 2.05) is 44.3 Å². The highest BCUT2D eigenvalue weighted by Gasteiger charge is 2.31. The summed E-state index contributed by atoms with van der Waals surface area (Å²) < 4.78 is 0. The van der Waals surface area contributed by atoms with E-state index in [1.165, 1.54) is 0 Å². The minimum Gasteiger partial charge on any atom is -0.356 e. The van der Waals surface area contributed by atoms with Crippen molar-refractivity contribution in [3.63, 3.8) is 0 Å². The Morgan fingerprint density at radius 2 is 1.88 bits per heavy atom. The molecule has 0 saturated carbocycles. The Balaban J connectivity index is 1.83. The minimum absolute atomic E-state index is 0.0854. The smallest absolute Gasteiger partial charge is 0.243 e. The van der Waals surface area contributed by atoms with Crippen LogP contribution in [-0.4, -0.2) is 49.4 Å². The highest BCUT2D eigenvalue weighted by molar-refractivity contribution is 5.96. The van der Waals surface area contributed by atoms with Crippen molar-refractivity contribution in [2.75, 3.05) is 31.6 Å². The molecule has 1 atom stereocenters. The number of anilines is 1. The quantitative estimate of drug-likeness (QED) is 0.773. The first-order valence-electron chi connectivity index (χ1n) is 9.39. The highest BCUT2D eigenvalue weighted by atomic mass is 16.2. The fourth-order valence-electron chi connectivity index (χ4n) is 3.30. The number of hydrogen-bond donors (Lipinski definition) is 1. The van der Waals surface area contributed by atoms with Crippen LogP contribution in [0.5, 0.6) is 0 Å². The Morgan fingerprint density at radius 1 is 1.24 bits per heavy atom. The number of likely N-dealkylation sites (N-methyl/N-ethyl adjacent to an activating group) is 1. The van der Waals surface area contributed by atoms with Crippen molar-refractivity contribution in [3.05, 3.63) is 30.3 Å². The monoisotopic (exact) mass is 345 g/mol. The average molecular weight is 345 g/mol. The van der Waals surface area contributed by atoms with Gasteiger partial charge in [-0.25, -0.2) is 0 Å². The summed E-state index contributed by atoms with van der Waals surface area (Å²) in [6, 6.07) is 9.53. The number of nitrogens with zero attached hydrogens (tertiary/aromatic N) is 2. The molecule has 1 aromatic carbocycles. The SMILES string of the molecule is CCCCNC(=O)C1CCN(C(C)C(=O)N(C)c2ccccc2)CC1. The molecule has 0 bridgehead atoms. The summed E-state index contributed by atoms with van der Waals surface area (Å²) in [6.07, 6.45) is 3.77. The van der Waals surface area contributed by atoms with Gasteiger partial charge in [0, 0.05) is 25.2 Å². The van der Waals surface area contributed by atoms with Gasteiger partial charge in [-0.05, 0) is 51.4 Å². The van der Waals surface area contributed by atoms with Crippen LogP contribution in [0, 0.1) is 5.92 Å². The fraction of sp³-hybridized carbons (Fsp3) is 0.600. The Kier molecular flexibility index (Phi) is 7.44. The predicted octanol–water partition coefficient (Wildman–Crippen LogP) is 2.67. The zero-order valence-electron chi connectivity index (χ0n) is 15.7. The maximum Gasteiger partial charge on any atom is 0.243 e. The number of piperidine rings is 1. The van der Waals surface area contributed by atoms with Gasteiger partial charge >= 0.3 is 0 Å². The largest absolute Gasteiger partial charge is 0.356 e. The maximum absolute atomic E-state index is 12.7. The number of benzene rings is 1. The second-order valence-corrected chi connectivity index (χ2v) is 6.86.